The summed E-state index contributed by atoms with van der Waals surface area (Å²) in [5.41, 5.74) is 10.6. The average Bonchev–Trinajstić information content (AvgIpc) is 3.08. The molecular weight excluding hydrogens is 334 g/mol. The zero-order valence-electron chi connectivity index (χ0n) is 14.3. The van der Waals surface area contributed by atoms with Crippen LogP contribution in [0.4, 0.5) is 5.69 Å². The van der Waals surface area contributed by atoms with E-state index in [0.29, 0.717) is 17.4 Å². The maximum Gasteiger partial charge on any atom is 0.193 e. The van der Waals surface area contributed by atoms with Gasteiger partial charge in [-0.25, -0.2) is 13.4 Å². The Bertz CT molecular complexity index is 887. The smallest absolute Gasteiger partial charge is 0.193 e. The van der Waals surface area contributed by atoms with Gasteiger partial charge in [0.1, 0.15) is 0 Å². The molecule has 5 nitrogen and oxygen atoms in total. The van der Waals surface area contributed by atoms with E-state index in [4.69, 9.17) is 5.73 Å². The number of fused-ring (bicyclic) bond motifs is 1. The molecule has 6 heteroatoms. The number of nitrogens with one attached hydrogen (secondary N) is 1. The van der Waals surface area contributed by atoms with Crippen LogP contribution < -0.4 is 11.1 Å². The second-order valence-corrected chi connectivity index (χ2v) is 8.49. The summed E-state index contributed by atoms with van der Waals surface area (Å²) < 4.78 is 23.6. The molecule has 0 amide bonds. The number of rotatable bonds is 5. The second-order valence-electron chi connectivity index (χ2n) is 6.21. The SMILES string of the molecule is CCS(=O)(=O)c1ccc(CN=C(N)Nc2ccc3c(c2)CCC3)cc1. The minimum absolute atomic E-state index is 0.0994. The molecule has 3 rings (SSSR count). The summed E-state index contributed by atoms with van der Waals surface area (Å²) in [6, 6.07) is 13.1. The largest absolute Gasteiger partial charge is 0.370 e. The third-order valence-corrected chi connectivity index (χ3v) is 6.22. The van der Waals surface area contributed by atoms with Gasteiger partial charge in [-0.2, -0.15) is 0 Å². The van der Waals surface area contributed by atoms with Crippen LogP contribution in [0, 0.1) is 0 Å². The summed E-state index contributed by atoms with van der Waals surface area (Å²) >= 11 is 0. The molecule has 2 aromatic rings. The summed E-state index contributed by atoms with van der Waals surface area (Å²) in [6.07, 6.45) is 3.49. The lowest BCUT2D eigenvalue weighted by Gasteiger charge is -2.08. The first-order valence-electron chi connectivity index (χ1n) is 8.48. The predicted octanol–water partition coefficient (Wildman–Crippen LogP) is 2.90. The fourth-order valence-corrected chi connectivity index (χ4v) is 3.87. The number of aryl methyl sites for hydroxylation is 2. The Morgan fingerprint density at radius 1 is 1.12 bits per heavy atom. The van der Waals surface area contributed by atoms with Crippen LogP contribution in [0.15, 0.2) is 52.4 Å². The third-order valence-electron chi connectivity index (χ3n) is 4.47. The Hall–Kier alpha value is -2.34. The van der Waals surface area contributed by atoms with Gasteiger partial charge in [0.25, 0.3) is 0 Å². The van der Waals surface area contributed by atoms with E-state index >= 15 is 0 Å². The molecule has 0 aliphatic heterocycles. The molecule has 132 valence electrons. The number of anilines is 1. The van der Waals surface area contributed by atoms with E-state index in [-0.39, 0.29) is 5.75 Å². The minimum Gasteiger partial charge on any atom is -0.370 e. The van der Waals surface area contributed by atoms with Crippen molar-refractivity contribution in [2.45, 2.75) is 37.6 Å². The van der Waals surface area contributed by atoms with Gasteiger partial charge in [0, 0.05) is 5.69 Å². The van der Waals surface area contributed by atoms with Gasteiger partial charge in [-0.05, 0) is 60.2 Å². The lowest BCUT2D eigenvalue weighted by Crippen LogP contribution is -2.22. The third kappa shape index (κ3) is 4.20. The van der Waals surface area contributed by atoms with Gasteiger partial charge in [-0.1, -0.05) is 25.1 Å². The molecule has 0 unspecified atom stereocenters. The molecule has 0 radical (unpaired) electrons. The van der Waals surface area contributed by atoms with E-state index in [0.717, 1.165) is 24.1 Å². The van der Waals surface area contributed by atoms with E-state index in [1.165, 1.54) is 17.5 Å². The van der Waals surface area contributed by atoms with Crippen LogP contribution in [0.25, 0.3) is 0 Å². The van der Waals surface area contributed by atoms with Crippen molar-refractivity contribution in [1.82, 2.24) is 0 Å². The van der Waals surface area contributed by atoms with Gasteiger partial charge in [-0.3, -0.25) is 0 Å². The van der Waals surface area contributed by atoms with Crippen molar-refractivity contribution in [3.05, 3.63) is 59.2 Å². The maximum absolute atomic E-state index is 11.8. The minimum atomic E-state index is -3.16. The Morgan fingerprint density at radius 3 is 2.56 bits per heavy atom. The van der Waals surface area contributed by atoms with E-state index in [9.17, 15) is 8.42 Å². The molecule has 0 fully saturated rings. The van der Waals surface area contributed by atoms with Crippen LogP contribution in [-0.2, 0) is 29.2 Å². The summed E-state index contributed by atoms with van der Waals surface area (Å²) in [5, 5.41) is 3.12. The highest BCUT2D eigenvalue weighted by Gasteiger charge is 2.11. The summed E-state index contributed by atoms with van der Waals surface area (Å²) in [4.78, 5) is 4.67. The lowest BCUT2D eigenvalue weighted by molar-refractivity contribution is 0.597. The number of nitrogens with zero attached hydrogens (tertiary/aromatic N) is 1. The monoisotopic (exact) mass is 357 g/mol. The molecule has 0 saturated heterocycles. The molecule has 1 aliphatic carbocycles. The van der Waals surface area contributed by atoms with Crippen LogP contribution in [0.5, 0.6) is 0 Å². The first-order valence-corrected chi connectivity index (χ1v) is 10.1. The fraction of sp³-hybridized carbons (Fsp3) is 0.316. The molecule has 0 heterocycles. The molecule has 0 spiro atoms. The Morgan fingerprint density at radius 2 is 1.84 bits per heavy atom. The Labute approximate surface area is 148 Å². The van der Waals surface area contributed by atoms with Crippen LogP contribution in [0.2, 0.25) is 0 Å². The number of sulfone groups is 1. The molecular formula is C19H23N3O2S. The molecule has 0 saturated carbocycles. The molecule has 0 bridgehead atoms. The highest BCUT2D eigenvalue weighted by atomic mass is 32.2. The topological polar surface area (TPSA) is 84.5 Å². The van der Waals surface area contributed by atoms with Crippen molar-refractivity contribution in [2.75, 3.05) is 11.1 Å². The standard InChI is InChI=1S/C19H23N3O2S/c1-2-25(23,24)18-10-6-14(7-11-18)13-21-19(20)22-17-9-8-15-4-3-5-16(15)12-17/h6-12H,2-5,13H2,1H3,(H3,20,21,22). The molecule has 25 heavy (non-hydrogen) atoms. The van der Waals surface area contributed by atoms with Crippen molar-refractivity contribution in [1.29, 1.82) is 0 Å². The quantitative estimate of drug-likeness (QED) is 0.636. The van der Waals surface area contributed by atoms with Crippen LogP contribution in [0.1, 0.15) is 30.0 Å². The first kappa shape index (κ1) is 17.5. The van der Waals surface area contributed by atoms with Gasteiger partial charge in [0.05, 0.1) is 17.2 Å². The van der Waals surface area contributed by atoms with E-state index in [2.05, 4.69) is 22.4 Å². The molecule has 0 atom stereocenters. The summed E-state index contributed by atoms with van der Waals surface area (Å²) in [6.45, 7) is 2.04. The zero-order chi connectivity index (χ0) is 17.9. The summed E-state index contributed by atoms with van der Waals surface area (Å²) in [5.74, 6) is 0.450. The first-order chi connectivity index (χ1) is 12.0. The second kappa shape index (κ2) is 7.27. The van der Waals surface area contributed by atoms with Crippen molar-refractivity contribution in [2.24, 2.45) is 10.7 Å². The van der Waals surface area contributed by atoms with Crippen molar-refractivity contribution >= 4 is 21.5 Å². The van der Waals surface area contributed by atoms with Crippen molar-refractivity contribution in [3.8, 4) is 0 Å². The van der Waals surface area contributed by atoms with Crippen LogP contribution >= 0.6 is 0 Å². The highest BCUT2D eigenvalue weighted by molar-refractivity contribution is 7.91. The average molecular weight is 357 g/mol. The molecule has 1 aliphatic rings. The van der Waals surface area contributed by atoms with Crippen molar-refractivity contribution < 1.29 is 8.42 Å². The molecule has 2 aromatic carbocycles. The predicted molar refractivity (Wildman–Crippen MR) is 102 cm³/mol. The Balaban J connectivity index is 1.63. The van der Waals surface area contributed by atoms with Crippen molar-refractivity contribution in [3.63, 3.8) is 0 Å². The normalized spacial score (nSPS) is 14.4. The van der Waals surface area contributed by atoms with Gasteiger partial charge >= 0.3 is 0 Å². The number of guanidine groups is 1. The van der Waals surface area contributed by atoms with E-state index < -0.39 is 9.84 Å². The van der Waals surface area contributed by atoms with Gasteiger partial charge < -0.3 is 11.1 Å². The van der Waals surface area contributed by atoms with E-state index in [1.807, 2.05) is 6.07 Å². The maximum atomic E-state index is 11.8. The number of hydrogen-bond acceptors (Lipinski definition) is 3. The Kier molecular flexibility index (Phi) is 5.08. The number of benzene rings is 2. The summed E-state index contributed by atoms with van der Waals surface area (Å²) in [7, 11) is -3.16. The highest BCUT2D eigenvalue weighted by Crippen LogP contribution is 2.24. The number of aliphatic imine (C=N–C) groups is 1. The van der Waals surface area contributed by atoms with Crippen LogP contribution in [0.3, 0.4) is 0 Å². The van der Waals surface area contributed by atoms with Crippen LogP contribution in [-0.4, -0.2) is 20.1 Å². The number of hydrogen-bond donors (Lipinski definition) is 2. The van der Waals surface area contributed by atoms with E-state index in [1.54, 1.807) is 31.2 Å². The van der Waals surface area contributed by atoms with Gasteiger partial charge in [0.15, 0.2) is 15.8 Å². The number of nitrogens with two attached hydrogens (primary N) is 1. The van der Waals surface area contributed by atoms with Gasteiger partial charge in [0.2, 0.25) is 0 Å². The lowest BCUT2D eigenvalue weighted by atomic mass is 10.1. The molecule has 3 N–H and O–H groups in total. The molecule has 0 aromatic heterocycles. The van der Waals surface area contributed by atoms with Gasteiger partial charge in [-0.15, -0.1) is 0 Å². The fourth-order valence-electron chi connectivity index (χ4n) is 2.98. The zero-order valence-corrected chi connectivity index (χ0v) is 15.1.